The van der Waals surface area contributed by atoms with Gasteiger partial charge in [-0.1, -0.05) is 6.92 Å². The summed E-state index contributed by atoms with van der Waals surface area (Å²) in [5.41, 5.74) is 0. The van der Waals surface area contributed by atoms with Crippen LogP contribution in [0.2, 0.25) is 0 Å². The lowest BCUT2D eigenvalue weighted by Gasteiger charge is -2.26. The fraction of sp³-hybridized carbons (Fsp3) is 0.750. The third kappa shape index (κ3) is 3.21. The fourth-order valence-corrected chi connectivity index (χ4v) is 1.95. The molecule has 0 atom stereocenters. The molecule has 18 heavy (non-hydrogen) atoms. The zero-order valence-electron chi connectivity index (χ0n) is 11.1. The minimum absolute atomic E-state index is 0.414. The summed E-state index contributed by atoms with van der Waals surface area (Å²) in [4.78, 5) is 15.2. The highest BCUT2D eigenvalue weighted by Crippen LogP contribution is 2.19. The van der Waals surface area contributed by atoms with Crippen molar-refractivity contribution in [3.63, 3.8) is 0 Å². The van der Waals surface area contributed by atoms with Gasteiger partial charge in [-0.3, -0.25) is 0 Å². The zero-order valence-corrected chi connectivity index (χ0v) is 11.1. The van der Waals surface area contributed by atoms with E-state index in [2.05, 4.69) is 32.1 Å². The average Bonchev–Trinajstić information content (AvgIpc) is 2.45. The van der Waals surface area contributed by atoms with Crippen LogP contribution in [0.25, 0.3) is 0 Å². The van der Waals surface area contributed by atoms with E-state index in [0.717, 1.165) is 25.5 Å². The van der Waals surface area contributed by atoms with Gasteiger partial charge in [-0.25, -0.2) is 0 Å². The zero-order chi connectivity index (χ0) is 12.8. The molecule has 0 unspecified atom stereocenters. The highest BCUT2D eigenvalue weighted by molar-refractivity contribution is 5.38. The molecule has 100 valence electrons. The van der Waals surface area contributed by atoms with Gasteiger partial charge in [-0.05, 0) is 25.7 Å². The molecule has 0 aromatic carbocycles. The van der Waals surface area contributed by atoms with Crippen molar-refractivity contribution in [1.29, 1.82) is 0 Å². The molecule has 1 fully saturated rings. The van der Waals surface area contributed by atoms with E-state index >= 15 is 0 Å². The monoisotopic (exact) mass is 251 g/mol. The molecule has 0 radical (unpaired) electrons. The average molecular weight is 251 g/mol. The van der Waals surface area contributed by atoms with Gasteiger partial charge >= 0.3 is 6.01 Å². The van der Waals surface area contributed by atoms with Crippen LogP contribution in [-0.4, -0.2) is 41.7 Å². The third-order valence-corrected chi connectivity index (χ3v) is 2.90. The molecule has 0 aliphatic carbocycles. The van der Waals surface area contributed by atoms with Crippen LogP contribution in [0.5, 0.6) is 6.01 Å². The van der Waals surface area contributed by atoms with Gasteiger partial charge < -0.3 is 15.0 Å². The summed E-state index contributed by atoms with van der Waals surface area (Å²) in [6, 6.07) is 0.414. The molecular weight excluding hydrogens is 230 g/mol. The van der Waals surface area contributed by atoms with E-state index in [1.54, 1.807) is 7.05 Å². The predicted octanol–water partition coefficient (Wildman–Crippen LogP) is 1.69. The van der Waals surface area contributed by atoms with E-state index in [-0.39, 0.29) is 0 Å². The molecule has 0 saturated carbocycles. The van der Waals surface area contributed by atoms with Crippen molar-refractivity contribution in [3.8, 4) is 6.01 Å². The number of anilines is 2. The SMILES string of the molecule is CCCOc1nc(NC)nc(N2CCCCC2)n1. The Morgan fingerprint density at radius 3 is 2.61 bits per heavy atom. The Balaban J connectivity index is 2.16. The normalized spacial score (nSPS) is 15.6. The Hall–Kier alpha value is -1.59. The lowest BCUT2D eigenvalue weighted by atomic mass is 10.1. The first kappa shape index (κ1) is 12.9. The molecule has 0 bridgehead atoms. The van der Waals surface area contributed by atoms with Gasteiger partial charge in [-0.2, -0.15) is 15.0 Å². The number of hydrogen-bond acceptors (Lipinski definition) is 6. The first-order chi connectivity index (χ1) is 8.83. The van der Waals surface area contributed by atoms with Crippen LogP contribution in [0.1, 0.15) is 32.6 Å². The van der Waals surface area contributed by atoms with E-state index < -0.39 is 0 Å². The van der Waals surface area contributed by atoms with E-state index in [9.17, 15) is 0 Å². The topological polar surface area (TPSA) is 63.2 Å². The summed E-state index contributed by atoms with van der Waals surface area (Å²) in [5.74, 6) is 1.29. The molecule has 1 N–H and O–H groups in total. The van der Waals surface area contributed by atoms with Crippen molar-refractivity contribution in [3.05, 3.63) is 0 Å². The molecule has 1 aliphatic rings. The lowest BCUT2D eigenvalue weighted by molar-refractivity contribution is 0.291. The van der Waals surface area contributed by atoms with Crippen LogP contribution in [0.15, 0.2) is 0 Å². The van der Waals surface area contributed by atoms with Crippen LogP contribution in [-0.2, 0) is 0 Å². The predicted molar refractivity (Wildman–Crippen MR) is 71.2 cm³/mol. The molecular formula is C12H21N5O. The minimum atomic E-state index is 0.414. The Labute approximate surface area is 108 Å². The second kappa shape index (κ2) is 6.37. The Morgan fingerprint density at radius 1 is 1.17 bits per heavy atom. The number of hydrogen-bond donors (Lipinski definition) is 1. The molecule has 6 nitrogen and oxygen atoms in total. The molecule has 2 heterocycles. The molecule has 6 heteroatoms. The maximum Gasteiger partial charge on any atom is 0.323 e. The van der Waals surface area contributed by atoms with Crippen LogP contribution in [0, 0.1) is 0 Å². The Bertz CT molecular complexity index is 379. The van der Waals surface area contributed by atoms with Crippen molar-refractivity contribution < 1.29 is 4.74 Å². The number of ether oxygens (including phenoxy) is 1. The van der Waals surface area contributed by atoms with E-state index in [1.165, 1.54) is 19.3 Å². The van der Waals surface area contributed by atoms with Gasteiger partial charge in [0.1, 0.15) is 0 Å². The quantitative estimate of drug-likeness (QED) is 0.859. The van der Waals surface area contributed by atoms with Crippen molar-refractivity contribution >= 4 is 11.9 Å². The van der Waals surface area contributed by atoms with E-state index in [0.29, 0.717) is 18.6 Å². The van der Waals surface area contributed by atoms with Crippen LogP contribution >= 0.6 is 0 Å². The largest absolute Gasteiger partial charge is 0.463 e. The Morgan fingerprint density at radius 2 is 1.94 bits per heavy atom. The van der Waals surface area contributed by atoms with Crippen molar-refractivity contribution in [1.82, 2.24) is 15.0 Å². The summed E-state index contributed by atoms with van der Waals surface area (Å²) in [6.07, 6.45) is 4.64. The van der Waals surface area contributed by atoms with Gasteiger partial charge in [-0.15, -0.1) is 0 Å². The van der Waals surface area contributed by atoms with Crippen molar-refractivity contribution in [2.24, 2.45) is 0 Å². The first-order valence-electron chi connectivity index (χ1n) is 6.65. The van der Waals surface area contributed by atoms with E-state index in [4.69, 9.17) is 4.74 Å². The number of aromatic nitrogens is 3. The molecule has 1 saturated heterocycles. The molecule has 1 aliphatic heterocycles. The van der Waals surface area contributed by atoms with Gasteiger partial charge in [0, 0.05) is 20.1 Å². The van der Waals surface area contributed by atoms with Crippen LogP contribution in [0.4, 0.5) is 11.9 Å². The summed E-state index contributed by atoms with van der Waals surface area (Å²) in [5, 5.41) is 2.95. The maximum atomic E-state index is 5.50. The smallest absolute Gasteiger partial charge is 0.323 e. The molecule has 0 amide bonds. The number of rotatable bonds is 5. The second-order valence-electron chi connectivity index (χ2n) is 4.39. The van der Waals surface area contributed by atoms with Crippen LogP contribution < -0.4 is 15.0 Å². The van der Waals surface area contributed by atoms with Crippen LogP contribution in [0.3, 0.4) is 0 Å². The van der Waals surface area contributed by atoms with Gasteiger partial charge in [0.15, 0.2) is 0 Å². The van der Waals surface area contributed by atoms with E-state index in [1.807, 2.05) is 0 Å². The minimum Gasteiger partial charge on any atom is -0.463 e. The maximum absolute atomic E-state index is 5.50. The highest BCUT2D eigenvalue weighted by atomic mass is 16.5. The van der Waals surface area contributed by atoms with Gasteiger partial charge in [0.05, 0.1) is 6.61 Å². The van der Waals surface area contributed by atoms with Crippen molar-refractivity contribution in [2.75, 3.05) is 37.0 Å². The number of nitrogens with one attached hydrogen (secondary N) is 1. The molecule has 2 rings (SSSR count). The van der Waals surface area contributed by atoms with Gasteiger partial charge in [0.2, 0.25) is 11.9 Å². The Kier molecular flexibility index (Phi) is 4.55. The second-order valence-corrected chi connectivity index (χ2v) is 4.39. The summed E-state index contributed by atoms with van der Waals surface area (Å²) >= 11 is 0. The van der Waals surface area contributed by atoms with Crippen molar-refractivity contribution in [2.45, 2.75) is 32.6 Å². The fourth-order valence-electron chi connectivity index (χ4n) is 1.95. The number of piperidine rings is 1. The summed E-state index contributed by atoms with van der Waals surface area (Å²) < 4.78 is 5.50. The summed E-state index contributed by atoms with van der Waals surface area (Å²) in [6.45, 7) is 4.72. The molecule has 1 aromatic heterocycles. The first-order valence-corrected chi connectivity index (χ1v) is 6.65. The number of nitrogens with zero attached hydrogens (tertiary/aromatic N) is 4. The summed E-state index contributed by atoms with van der Waals surface area (Å²) in [7, 11) is 1.80. The molecule has 1 aromatic rings. The highest BCUT2D eigenvalue weighted by Gasteiger charge is 2.16. The molecule has 0 spiro atoms. The lowest BCUT2D eigenvalue weighted by Crippen LogP contribution is -2.31. The standard InChI is InChI=1S/C12H21N5O/c1-3-9-18-12-15-10(13-2)14-11(16-12)17-7-5-4-6-8-17/h3-9H2,1-2H3,(H,13,14,15,16). The third-order valence-electron chi connectivity index (χ3n) is 2.90. The van der Waals surface area contributed by atoms with Gasteiger partial charge in [0.25, 0.3) is 0 Å².